The van der Waals surface area contributed by atoms with Crippen molar-refractivity contribution < 1.29 is 29.9 Å². The van der Waals surface area contributed by atoms with Crippen molar-refractivity contribution in [1.29, 1.82) is 0 Å². The van der Waals surface area contributed by atoms with E-state index in [4.69, 9.17) is 21.1 Å². The Kier molecular flexibility index (Phi) is 6.34. The molecular formula is C23H27ClO6. The van der Waals surface area contributed by atoms with E-state index in [0.29, 0.717) is 29.4 Å². The van der Waals surface area contributed by atoms with Gasteiger partial charge in [-0.25, -0.2) is 0 Å². The van der Waals surface area contributed by atoms with Crippen LogP contribution in [0.2, 0.25) is 5.02 Å². The van der Waals surface area contributed by atoms with Gasteiger partial charge in [-0.2, -0.15) is 0 Å². The van der Waals surface area contributed by atoms with E-state index in [1.54, 1.807) is 0 Å². The van der Waals surface area contributed by atoms with E-state index < -0.39 is 37.1 Å². The Morgan fingerprint density at radius 2 is 1.80 bits per heavy atom. The zero-order valence-corrected chi connectivity index (χ0v) is 17.5. The summed E-state index contributed by atoms with van der Waals surface area (Å²) in [4.78, 5) is 0. The highest BCUT2D eigenvalue weighted by Crippen LogP contribution is 2.44. The quantitative estimate of drug-likeness (QED) is 0.588. The number of aryl methyl sites for hydroxylation is 1. The van der Waals surface area contributed by atoms with Crippen LogP contribution in [0.15, 0.2) is 30.3 Å². The fourth-order valence-corrected chi connectivity index (χ4v) is 4.53. The second-order valence-corrected chi connectivity index (χ2v) is 8.49. The first-order chi connectivity index (χ1) is 14.4. The normalized spacial score (nSPS) is 28.7. The van der Waals surface area contributed by atoms with Crippen LogP contribution in [-0.2, 0) is 17.6 Å². The Labute approximate surface area is 180 Å². The van der Waals surface area contributed by atoms with Crippen LogP contribution in [0.3, 0.4) is 0 Å². The van der Waals surface area contributed by atoms with Crippen LogP contribution >= 0.6 is 11.6 Å². The molecule has 30 heavy (non-hydrogen) atoms. The van der Waals surface area contributed by atoms with Crippen LogP contribution < -0.4 is 4.74 Å². The van der Waals surface area contributed by atoms with Crippen LogP contribution in [-0.4, -0.2) is 58.1 Å². The minimum absolute atomic E-state index is 0.478. The van der Waals surface area contributed by atoms with Gasteiger partial charge in [0.15, 0.2) is 0 Å². The minimum atomic E-state index is -1.45. The number of halogens is 1. The molecule has 7 heteroatoms. The maximum atomic E-state index is 10.7. The molecule has 0 amide bonds. The molecule has 0 unspecified atom stereocenters. The molecule has 0 bridgehead atoms. The Balaban J connectivity index is 1.77. The molecule has 0 saturated carbocycles. The molecule has 1 fully saturated rings. The number of rotatable bonds is 4. The average Bonchev–Trinajstić information content (AvgIpc) is 2.76. The zero-order chi connectivity index (χ0) is 21.4. The van der Waals surface area contributed by atoms with Gasteiger partial charge in [0.2, 0.25) is 0 Å². The lowest BCUT2D eigenvalue weighted by atomic mass is 9.87. The Morgan fingerprint density at radius 3 is 2.50 bits per heavy atom. The van der Waals surface area contributed by atoms with Gasteiger partial charge in [-0.05, 0) is 43.4 Å². The van der Waals surface area contributed by atoms with Crippen molar-refractivity contribution >= 4 is 11.6 Å². The van der Waals surface area contributed by atoms with Gasteiger partial charge in [0.25, 0.3) is 0 Å². The molecule has 4 rings (SSSR count). The van der Waals surface area contributed by atoms with Crippen LogP contribution in [0.4, 0.5) is 0 Å². The number of hydrogen-bond donors (Lipinski definition) is 4. The summed E-state index contributed by atoms with van der Waals surface area (Å²) in [6.45, 7) is 2.07. The number of aliphatic hydroxyl groups excluding tert-OH is 4. The lowest BCUT2D eigenvalue weighted by Crippen LogP contribution is -2.55. The third-order valence-corrected chi connectivity index (χ3v) is 6.42. The smallest absolute Gasteiger partial charge is 0.129 e. The van der Waals surface area contributed by atoms with Crippen molar-refractivity contribution in [3.63, 3.8) is 0 Å². The molecule has 5 atom stereocenters. The first-order valence-corrected chi connectivity index (χ1v) is 10.6. The van der Waals surface area contributed by atoms with Crippen LogP contribution in [0.25, 0.3) is 0 Å². The van der Waals surface area contributed by atoms with E-state index in [-0.39, 0.29) is 0 Å². The van der Waals surface area contributed by atoms with Gasteiger partial charge in [-0.1, -0.05) is 41.4 Å². The summed E-state index contributed by atoms with van der Waals surface area (Å²) in [7, 11) is 0. The molecule has 1 saturated heterocycles. The summed E-state index contributed by atoms with van der Waals surface area (Å²) >= 11 is 6.75. The highest BCUT2D eigenvalue weighted by molar-refractivity contribution is 6.32. The molecular weight excluding hydrogens is 408 g/mol. The summed E-state index contributed by atoms with van der Waals surface area (Å²) in [5.41, 5.74) is 4.58. The molecule has 162 valence electrons. The molecule has 2 aromatic carbocycles. The third kappa shape index (κ3) is 3.96. The van der Waals surface area contributed by atoms with Crippen molar-refractivity contribution in [2.75, 3.05) is 13.2 Å². The first-order valence-electron chi connectivity index (χ1n) is 10.2. The lowest BCUT2D eigenvalue weighted by Gasteiger charge is -2.41. The molecule has 2 aliphatic heterocycles. The monoisotopic (exact) mass is 434 g/mol. The molecule has 4 N–H and O–H groups in total. The number of ether oxygens (including phenoxy) is 2. The van der Waals surface area contributed by atoms with Crippen molar-refractivity contribution in [2.24, 2.45) is 0 Å². The lowest BCUT2D eigenvalue weighted by molar-refractivity contribution is -0.232. The molecule has 2 aliphatic rings. The Bertz CT molecular complexity index is 898. The van der Waals surface area contributed by atoms with Crippen molar-refractivity contribution in [2.45, 2.75) is 56.7 Å². The van der Waals surface area contributed by atoms with Gasteiger partial charge < -0.3 is 29.9 Å². The van der Waals surface area contributed by atoms with Gasteiger partial charge in [0.05, 0.1) is 18.2 Å². The number of hydrogen-bond acceptors (Lipinski definition) is 6. The molecule has 0 aliphatic carbocycles. The standard InChI is InChI=1S/C23H27ClO6/c1-12-4-6-13(7-5-12)9-14-10-16(22-15(18(14)24)3-2-8-29-22)23-21(28)20(27)19(26)17(11-25)30-23/h4-7,10,17,19-21,23,25-28H,2-3,8-9,11H2,1H3/t17-,19-,20+,21-,23+/m1/s1. The minimum Gasteiger partial charge on any atom is -0.493 e. The van der Waals surface area contributed by atoms with E-state index in [2.05, 4.69) is 12.1 Å². The van der Waals surface area contributed by atoms with Gasteiger partial charge in [-0.15, -0.1) is 0 Å². The molecule has 2 aromatic rings. The van der Waals surface area contributed by atoms with E-state index in [0.717, 1.165) is 29.5 Å². The Morgan fingerprint density at radius 1 is 1.07 bits per heavy atom. The molecule has 2 heterocycles. The summed E-state index contributed by atoms with van der Waals surface area (Å²) < 4.78 is 11.7. The summed E-state index contributed by atoms with van der Waals surface area (Å²) in [6.07, 6.45) is -4.00. The number of benzene rings is 2. The Hall–Kier alpha value is -1.67. The van der Waals surface area contributed by atoms with Crippen molar-refractivity contribution in [3.8, 4) is 5.75 Å². The maximum absolute atomic E-state index is 10.7. The SMILES string of the molecule is Cc1ccc(Cc2cc([C@@H]3O[C@H](CO)[C@@H](O)[C@H](O)[C@H]3O)c3c(c2Cl)CCCO3)cc1. The largest absolute Gasteiger partial charge is 0.493 e. The predicted molar refractivity (Wildman–Crippen MR) is 112 cm³/mol. The fraction of sp³-hybridized carbons (Fsp3) is 0.478. The summed E-state index contributed by atoms with van der Waals surface area (Å²) in [5.74, 6) is 0.559. The van der Waals surface area contributed by atoms with Crippen molar-refractivity contribution in [1.82, 2.24) is 0 Å². The predicted octanol–water partition coefficient (Wildman–Crippen LogP) is 2.08. The molecule has 0 aromatic heterocycles. The van der Waals surface area contributed by atoms with Gasteiger partial charge in [-0.3, -0.25) is 0 Å². The van der Waals surface area contributed by atoms with E-state index in [1.807, 2.05) is 25.1 Å². The highest BCUT2D eigenvalue weighted by atomic mass is 35.5. The maximum Gasteiger partial charge on any atom is 0.129 e. The average molecular weight is 435 g/mol. The van der Waals surface area contributed by atoms with Crippen molar-refractivity contribution in [3.05, 3.63) is 63.2 Å². The van der Waals surface area contributed by atoms with Crippen LogP contribution in [0.5, 0.6) is 5.75 Å². The van der Waals surface area contributed by atoms with E-state index in [1.165, 1.54) is 5.56 Å². The van der Waals surface area contributed by atoms with Gasteiger partial charge in [0, 0.05) is 11.1 Å². The molecule has 6 nitrogen and oxygen atoms in total. The summed E-state index contributed by atoms with van der Waals surface area (Å²) in [6, 6.07) is 10.0. The van der Waals surface area contributed by atoms with Gasteiger partial charge in [0.1, 0.15) is 36.3 Å². The molecule has 0 radical (unpaired) electrons. The molecule has 0 spiro atoms. The van der Waals surface area contributed by atoms with Gasteiger partial charge >= 0.3 is 0 Å². The second-order valence-electron chi connectivity index (χ2n) is 8.11. The van der Waals surface area contributed by atoms with E-state index >= 15 is 0 Å². The fourth-order valence-electron chi connectivity index (χ4n) is 4.23. The highest BCUT2D eigenvalue weighted by Gasteiger charge is 2.45. The second kappa shape index (κ2) is 8.83. The summed E-state index contributed by atoms with van der Waals surface area (Å²) in [5, 5.41) is 41.2. The van der Waals surface area contributed by atoms with Crippen LogP contribution in [0, 0.1) is 6.92 Å². The third-order valence-electron chi connectivity index (χ3n) is 5.94. The van der Waals surface area contributed by atoms with E-state index in [9.17, 15) is 20.4 Å². The number of fused-ring (bicyclic) bond motifs is 1. The topological polar surface area (TPSA) is 99.4 Å². The number of aliphatic hydroxyl groups is 4. The van der Waals surface area contributed by atoms with Crippen LogP contribution in [0.1, 0.15) is 40.3 Å². The zero-order valence-electron chi connectivity index (χ0n) is 16.8. The first kappa shape index (κ1) is 21.6.